The average molecular weight is 345 g/mol. The smallest absolute Gasteiger partial charge is 0.352 e. The lowest BCUT2D eigenvalue weighted by Gasteiger charge is -2.32. The highest BCUT2D eigenvalue weighted by molar-refractivity contribution is 5.78. The molecule has 24 heavy (non-hydrogen) atoms. The summed E-state index contributed by atoms with van der Waals surface area (Å²) in [6, 6.07) is -0.381. The van der Waals surface area contributed by atoms with Crippen molar-refractivity contribution in [3.63, 3.8) is 0 Å². The minimum atomic E-state index is -4.17. The first-order valence-electron chi connectivity index (χ1n) is 8.30. The summed E-state index contributed by atoms with van der Waals surface area (Å²) in [4.78, 5) is 14.1. The summed E-state index contributed by atoms with van der Waals surface area (Å²) in [6.45, 7) is 4.03. The van der Waals surface area contributed by atoms with Gasteiger partial charge in [-0.2, -0.15) is 13.2 Å². The number of hydrogen-bond donors (Lipinski definition) is 1. The first kappa shape index (κ1) is 17.2. The molecule has 1 N–H and O–H groups in total. The predicted molar refractivity (Wildman–Crippen MR) is 80.0 cm³/mol. The average Bonchev–Trinajstić information content (AvgIpc) is 2.87. The minimum Gasteiger partial charge on any atom is -0.352 e. The Morgan fingerprint density at radius 1 is 1.29 bits per heavy atom. The van der Waals surface area contributed by atoms with Gasteiger partial charge in [0.05, 0.1) is 19.0 Å². The summed E-state index contributed by atoms with van der Waals surface area (Å²) in [5.74, 6) is 0.163. The molecule has 3 rings (SSSR count). The van der Waals surface area contributed by atoms with Crippen LogP contribution < -0.4 is 5.32 Å². The molecule has 0 saturated heterocycles. The standard InChI is InChI=1S/C15H22F3N5O/c1-10-20-21-13-8-22(5-6-23(10)13)9-14(24)19-12-4-2-3-11(7-12)15(16,17)18/h11-12H,2-9H2,1H3,(H,19,24)/t11-,12+/m0/s1. The van der Waals surface area contributed by atoms with Gasteiger partial charge in [-0.25, -0.2) is 0 Å². The van der Waals surface area contributed by atoms with E-state index in [1.54, 1.807) is 0 Å². The van der Waals surface area contributed by atoms with Gasteiger partial charge in [-0.05, 0) is 26.2 Å². The summed E-state index contributed by atoms with van der Waals surface area (Å²) in [6.07, 6.45) is -2.90. The highest BCUT2D eigenvalue weighted by Gasteiger charge is 2.42. The Morgan fingerprint density at radius 2 is 2.08 bits per heavy atom. The summed E-state index contributed by atoms with van der Waals surface area (Å²) in [5, 5.41) is 10.9. The van der Waals surface area contributed by atoms with Crippen LogP contribution in [0, 0.1) is 12.8 Å². The van der Waals surface area contributed by atoms with E-state index in [1.165, 1.54) is 0 Å². The largest absolute Gasteiger partial charge is 0.391 e. The lowest BCUT2D eigenvalue weighted by molar-refractivity contribution is -0.184. The van der Waals surface area contributed by atoms with Gasteiger partial charge >= 0.3 is 6.18 Å². The van der Waals surface area contributed by atoms with Crippen molar-refractivity contribution in [3.8, 4) is 0 Å². The predicted octanol–water partition coefficient (Wildman–Crippen LogP) is 1.64. The molecule has 1 aromatic heterocycles. The minimum absolute atomic E-state index is 0.0111. The third kappa shape index (κ3) is 3.88. The summed E-state index contributed by atoms with van der Waals surface area (Å²) < 4.78 is 40.5. The molecule has 0 bridgehead atoms. The van der Waals surface area contributed by atoms with Gasteiger partial charge in [-0.15, -0.1) is 10.2 Å². The van der Waals surface area contributed by atoms with Crippen molar-refractivity contribution in [1.29, 1.82) is 0 Å². The van der Waals surface area contributed by atoms with Gasteiger partial charge in [-0.1, -0.05) is 6.42 Å². The quantitative estimate of drug-likeness (QED) is 0.905. The Balaban J connectivity index is 1.49. The third-order valence-electron chi connectivity index (χ3n) is 4.89. The van der Waals surface area contributed by atoms with Crippen molar-refractivity contribution in [1.82, 2.24) is 25.0 Å². The van der Waals surface area contributed by atoms with Crippen LogP contribution in [-0.4, -0.2) is 50.9 Å². The van der Waals surface area contributed by atoms with Crippen LogP contribution in [0.3, 0.4) is 0 Å². The van der Waals surface area contributed by atoms with Crippen LogP contribution in [0.2, 0.25) is 0 Å². The van der Waals surface area contributed by atoms with Crippen LogP contribution in [0.4, 0.5) is 13.2 Å². The van der Waals surface area contributed by atoms with Crippen molar-refractivity contribution in [2.24, 2.45) is 5.92 Å². The normalized spacial score (nSPS) is 25.3. The number of aromatic nitrogens is 3. The molecule has 1 aliphatic carbocycles. The third-order valence-corrected chi connectivity index (χ3v) is 4.89. The zero-order chi connectivity index (χ0) is 17.3. The molecule has 1 amide bonds. The molecule has 2 heterocycles. The number of nitrogens with zero attached hydrogens (tertiary/aromatic N) is 4. The molecular weight excluding hydrogens is 323 g/mol. The van der Waals surface area contributed by atoms with Gasteiger partial charge in [0.15, 0.2) is 0 Å². The zero-order valence-corrected chi connectivity index (χ0v) is 13.6. The molecule has 0 radical (unpaired) electrons. The molecule has 0 spiro atoms. The van der Waals surface area contributed by atoms with E-state index in [-0.39, 0.29) is 31.3 Å². The fraction of sp³-hybridized carbons (Fsp3) is 0.800. The zero-order valence-electron chi connectivity index (χ0n) is 13.6. The maximum atomic E-state index is 12.8. The molecule has 9 heteroatoms. The summed E-state index contributed by atoms with van der Waals surface area (Å²) >= 11 is 0. The second-order valence-corrected chi connectivity index (χ2v) is 6.70. The van der Waals surface area contributed by atoms with Crippen molar-refractivity contribution in [2.45, 2.75) is 57.9 Å². The number of nitrogens with one attached hydrogen (secondary N) is 1. The Morgan fingerprint density at radius 3 is 2.83 bits per heavy atom. The molecule has 134 valence electrons. The maximum Gasteiger partial charge on any atom is 0.391 e. The lowest BCUT2D eigenvalue weighted by Crippen LogP contribution is -2.46. The van der Waals surface area contributed by atoms with E-state index in [2.05, 4.69) is 15.5 Å². The first-order valence-corrected chi connectivity index (χ1v) is 8.30. The van der Waals surface area contributed by atoms with E-state index in [1.807, 2.05) is 16.4 Å². The van der Waals surface area contributed by atoms with Crippen molar-refractivity contribution < 1.29 is 18.0 Å². The van der Waals surface area contributed by atoms with Gasteiger partial charge in [0.2, 0.25) is 5.91 Å². The van der Waals surface area contributed by atoms with Crippen molar-refractivity contribution in [3.05, 3.63) is 11.6 Å². The van der Waals surface area contributed by atoms with E-state index in [0.717, 1.165) is 18.2 Å². The van der Waals surface area contributed by atoms with Gasteiger partial charge < -0.3 is 9.88 Å². The Labute approximate surface area is 138 Å². The van der Waals surface area contributed by atoms with E-state index in [4.69, 9.17) is 0 Å². The molecule has 1 saturated carbocycles. The van der Waals surface area contributed by atoms with Crippen LogP contribution in [0.1, 0.15) is 37.3 Å². The van der Waals surface area contributed by atoms with Crippen LogP contribution in [-0.2, 0) is 17.9 Å². The van der Waals surface area contributed by atoms with Gasteiger partial charge in [-0.3, -0.25) is 9.69 Å². The van der Waals surface area contributed by atoms with E-state index in [0.29, 0.717) is 25.9 Å². The number of aryl methyl sites for hydroxylation is 1. The molecule has 1 aliphatic heterocycles. The number of hydrogen-bond acceptors (Lipinski definition) is 4. The van der Waals surface area contributed by atoms with E-state index < -0.39 is 12.1 Å². The highest BCUT2D eigenvalue weighted by atomic mass is 19.4. The van der Waals surface area contributed by atoms with Crippen LogP contribution in [0.5, 0.6) is 0 Å². The molecule has 2 atom stereocenters. The number of alkyl halides is 3. The van der Waals surface area contributed by atoms with Crippen molar-refractivity contribution in [2.75, 3.05) is 13.1 Å². The molecule has 6 nitrogen and oxygen atoms in total. The fourth-order valence-electron chi connectivity index (χ4n) is 3.58. The molecule has 1 fully saturated rings. The van der Waals surface area contributed by atoms with Crippen LogP contribution >= 0.6 is 0 Å². The molecule has 2 aliphatic rings. The number of rotatable bonds is 3. The van der Waals surface area contributed by atoms with Crippen LogP contribution in [0.25, 0.3) is 0 Å². The van der Waals surface area contributed by atoms with Gasteiger partial charge in [0, 0.05) is 19.1 Å². The second-order valence-electron chi connectivity index (χ2n) is 6.70. The highest BCUT2D eigenvalue weighted by Crippen LogP contribution is 2.37. The fourth-order valence-corrected chi connectivity index (χ4v) is 3.58. The van der Waals surface area contributed by atoms with Gasteiger partial charge in [0.1, 0.15) is 11.6 Å². The van der Waals surface area contributed by atoms with E-state index >= 15 is 0 Å². The Bertz CT molecular complexity index is 600. The van der Waals surface area contributed by atoms with E-state index in [9.17, 15) is 18.0 Å². The molecule has 0 unspecified atom stereocenters. The molecule has 1 aromatic rings. The second kappa shape index (κ2) is 6.70. The Kier molecular flexibility index (Phi) is 4.80. The topological polar surface area (TPSA) is 63.1 Å². The van der Waals surface area contributed by atoms with Crippen molar-refractivity contribution >= 4 is 5.91 Å². The number of amides is 1. The molecule has 0 aromatic carbocycles. The molecular formula is C15H22F3N5O. The Hall–Kier alpha value is -1.64. The number of carbonyl (C=O) groups excluding carboxylic acids is 1. The summed E-state index contributed by atoms with van der Waals surface area (Å²) in [7, 11) is 0. The number of halogens is 3. The first-order chi connectivity index (χ1) is 11.3. The number of fused-ring (bicyclic) bond motifs is 1. The monoisotopic (exact) mass is 345 g/mol. The lowest BCUT2D eigenvalue weighted by atomic mass is 9.85. The SMILES string of the molecule is Cc1nnc2n1CCN(CC(=O)N[C@@H]1CCC[C@H](C(F)(F)F)C1)C2. The summed E-state index contributed by atoms with van der Waals surface area (Å²) in [5.41, 5.74) is 0. The van der Waals surface area contributed by atoms with Crippen LogP contribution in [0.15, 0.2) is 0 Å². The van der Waals surface area contributed by atoms with Gasteiger partial charge in [0.25, 0.3) is 0 Å². The number of carbonyl (C=O) groups is 1. The maximum absolute atomic E-state index is 12.8.